The van der Waals surface area contributed by atoms with Gasteiger partial charge in [-0.1, -0.05) is 13.3 Å². The van der Waals surface area contributed by atoms with Gasteiger partial charge in [-0.05, 0) is 51.5 Å². The summed E-state index contributed by atoms with van der Waals surface area (Å²) in [5.74, 6) is 0.803. The Bertz CT molecular complexity index is 209. The maximum atomic E-state index is 6.43. The molecule has 0 aromatic heterocycles. The first-order valence-electron chi connectivity index (χ1n) is 6.66. The molecule has 2 atom stereocenters. The molecule has 0 spiro atoms. The highest BCUT2D eigenvalue weighted by Gasteiger charge is 2.40. The highest BCUT2D eigenvalue weighted by molar-refractivity contribution is 4.98. The molecule has 1 aliphatic heterocycles. The first-order valence-corrected chi connectivity index (χ1v) is 6.66. The van der Waals surface area contributed by atoms with E-state index in [-0.39, 0.29) is 5.54 Å². The van der Waals surface area contributed by atoms with Crippen molar-refractivity contribution in [2.24, 2.45) is 11.7 Å². The average molecular weight is 210 g/mol. The quantitative estimate of drug-likeness (QED) is 0.772. The van der Waals surface area contributed by atoms with Crippen molar-refractivity contribution >= 4 is 0 Å². The van der Waals surface area contributed by atoms with Crippen LogP contribution >= 0.6 is 0 Å². The lowest BCUT2D eigenvalue weighted by Crippen LogP contribution is -2.53. The van der Waals surface area contributed by atoms with E-state index in [1.54, 1.807) is 0 Å². The van der Waals surface area contributed by atoms with E-state index in [9.17, 15) is 0 Å². The summed E-state index contributed by atoms with van der Waals surface area (Å²) in [6.07, 6.45) is 8.18. The summed E-state index contributed by atoms with van der Waals surface area (Å²) >= 11 is 0. The molecule has 2 rings (SSSR count). The smallest absolute Gasteiger partial charge is 0.0283 e. The number of likely N-dealkylation sites (tertiary alicyclic amines) is 1. The molecular formula is C13H26N2. The third-order valence-electron chi connectivity index (χ3n) is 4.27. The fourth-order valence-electron chi connectivity index (χ4n) is 3.04. The first kappa shape index (κ1) is 11.4. The molecule has 1 saturated carbocycles. The molecule has 88 valence electrons. The Morgan fingerprint density at radius 3 is 2.60 bits per heavy atom. The Morgan fingerprint density at radius 1 is 1.27 bits per heavy atom. The van der Waals surface area contributed by atoms with Crippen molar-refractivity contribution in [3.63, 3.8) is 0 Å². The van der Waals surface area contributed by atoms with Crippen molar-refractivity contribution in [1.82, 2.24) is 4.90 Å². The van der Waals surface area contributed by atoms with Gasteiger partial charge < -0.3 is 5.73 Å². The van der Waals surface area contributed by atoms with Gasteiger partial charge >= 0.3 is 0 Å². The molecule has 0 bridgehead atoms. The summed E-state index contributed by atoms with van der Waals surface area (Å²) in [5.41, 5.74) is 6.50. The van der Waals surface area contributed by atoms with E-state index in [0.29, 0.717) is 0 Å². The second kappa shape index (κ2) is 4.42. The fraction of sp³-hybridized carbons (Fsp3) is 1.00. The number of nitrogens with two attached hydrogens (primary N) is 1. The van der Waals surface area contributed by atoms with Gasteiger partial charge in [0, 0.05) is 18.1 Å². The van der Waals surface area contributed by atoms with Crippen molar-refractivity contribution in [2.45, 2.75) is 64.0 Å². The molecule has 1 heterocycles. The van der Waals surface area contributed by atoms with Crippen LogP contribution in [0.4, 0.5) is 0 Å². The third-order valence-corrected chi connectivity index (χ3v) is 4.27. The van der Waals surface area contributed by atoms with E-state index in [2.05, 4.69) is 18.7 Å². The maximum absolute atomic E-state index is 6.43. The van der Waals surface area contributed by atoms with Gasteiger partial charge in [-0.2, -0.15) is 0 Å². The van der Waals surface area contributed by atoms with Crippen molar-refractivity contribution < 1.29 is 0 Å². The fourth-order valence-corrected chi connectivity index (χ4v) is 3.04. The van der Waals surface area contributed by atoms with Crippen LogP contribution in [0.5, 0.6) is 0 Å². The molecule has 1 saturated heterocycles. The summed E-state index contributed by atoms with van der Waals surface area (Å²) in [6, 6.07) is 0.806. The summed E-state index contributed by atoms with van der Waals surface area (Å²) in [6.45, 7) is 6.97. The van der Waals surface area contributed by atoms with Gasteiger partial charge in [-0.3, -0.25) is 4.90 Å². The number of rotatable bonds is 4. The molecule has 1 aliphatic carbocycles. The molecule has 15 heavy (non-hydrogen) atoms. The Kier molecular flexibility index (Phi) is 3.36. The normalized spacial score (nSPS) is 32.6. The molecule has 2 heteroatoms. The van der Waals surface area contributed by atoms with Gasteiger partial charge in [0.05, 0.1) is 0 Å². The van der Waals surface area contributed by atoms with Crippen molar-refractivity contribution in [2.75, 3.05) is 13.1 Å². The highest BCUT2D eigenvalue weighted by Crippen LogP contribution is 2.39. The monoisotopic (exact) mass is 210 g/mol. The molecule has 2 aliphatic rings. The standard InChI is InChI=1S/C13H26N2/c1-3-12-6-4-5-9-15(12)10-13(2,14)11-7-8-11/h11-12H,3-10,14H2,1-2H3. The Balaban J connectivity index is 1.90. The van der Waals surface area contributed by atoms with E-state index in [0.717, 1.165) is 18.5 Å². The van der Waals surface area contributed by atoms with Crippen LogP contribution in [0.15, 0.2) is 0 Å². The lowest BCUT2D eigenvalue weighted by molar-refractivity contribution is 0.109. The lowest BCUT2D eigenvalue weighted by atomic mass is 9.92. The minimum atomic E-state index is 0.0742. The maximum Gasteiger partial charge on any atom is 0.0283 e. The van der Waals surface area contributed by atoms with E-state index >= 15 is 0 Å². The molecule has 2 N–H and O–H groups in total. The average Bonchev–Trinajstić information content (AvgIpc) is 3.01. The minimum absolute atomic E-state index is 0.0742. The molecule has 0 radical (unpaired) electrons. The van der Waals surface area contributed by atoms with Crippen LogP contribution in [-0.4, -0.2) is 29.6 Å². The topological polar surface area (TPSA) is 29.3 Å². The summed E-state index contributed by atoms with van der Waals surface area (Å²) < 4.78 is 0. The predicted octanol–water partition coefficient (Wildman–Crippen LogP) is 2.38. The third kappa shape index (κ3) is 2.73. The van der Waals surface area contributed by atoms with Crippen molar-refractivity contribution in [3.05, 3.63) is 0 Å². The van der Waals surface area contributed by atoms with Gasteiger partial charge in [0.1, 0.15) is 0 Å². The molecule has 0 aromatic rings. The zero-order valence-corrected chi connectivity index (χ0v) is 10.3. The van der Waals surface area contributed by atoms with Crippen molar-refractivity contribution in [3.8, 4) is 0 Å². The van der Waals surface area contributed by atoms with E-state index in [1.165, 1.54) is 45.1 Å². The number of nitrogens with zero attached hydrogens (tertiary/aromatic N) is 1. The van der Waals surface area contributed by atoms with Crippen LogP contribution < -0.4 is 5.73 Å². The molecular weight excluding hydrogens is 184 g/mol. The van der Waals surface area contributed by atoms with Crippen LogP contribution in [0.2, 0.25) is 0 Å². The molecule has 2 unspecified atom stereocenters. The first-order chi connectivity index (χ1) is 7.13. The van der Waals surface area contributed by atoms with Crippen LogP contribution in [0.3, 0.4) is 0 Å². The second-order valence-corrected chi connectivity index (χ2v) is 5.81. The van der Waals surface area contributed by atoms with Crippen molar-refractivity contribution in [1.29, 1.82) is 0 Å². The van der Waals surface area contributed by atoms with Crippen LogP contribution in [0.1, 0.15) is 52.4 Å². The summed E-state index contributed by atoms with van der Waals surface area (Å²) in [5, 5.41) is 0. The zero-order valence-electron chi connectivity index (χ0n) is 10.3. The van der Waals surface area contributed by atoms with Crippen LogP contribution in [0.25, 0.3) is 0 Å². The summed E-state index contributed by atoms with van der Waals surface area (Å²) in [4.78, 5) is 2.65. The Labute approximate surface area is 94.2 Å². The second-order valence-electron chi connectivity index (χ2n) is 5.81. The molecule has 0 aromatic carbocycles. The highest BCUT2D eigenvalue weighted by atomic mass is 15.2. The Hall–Kier alpha value is -0.0800. The Morgan fingerprint density at radius 2 is 2.00 bits per heavy atom. The van der Waals surface area contributed by atoms with E-state index in [1.807, 2.05) is 0 Å². The number of hydrogen-bond donors (Lipinski definition) is 1. The van der Waals surface area contributed by atoms with Gasteiger partial charge in [0.2, 0.25) is 0 Å². The zero-order chi connectivity index (χ0) is 10.9. The summed E-state index contributed by atoms with van der Waals surface area (Å²) in [7, 11) is 0. The predicted molar refractivity (Wildman–Crippen MR) is 64.8 cm³/mol. The minimum Gasteiger partial charge on any atom is -0.324 e. The number of piperidine rings is 1. The molecule has 2 nitrogen and oxygen atoms in total. The van der Waals surface area contributed by atoms with E-state index in [4.69, 9.17) is 5.73 Å². The van der Waals surface area contributed by atoms with Crippen LogP contribution in [-0.2, 0) is 0 Å². The van der Waals surface area contributed by atoms with Gasteiger partial charge in [-0.25, -0.2) is 0 Å². The molecule has 0 amide bonds. The van der Waals surface area contributed by atoms with Gasteiger partial charge in [-0.15, -0.1) is 0 Å². The van der Waals surface area contributed by atoms with Gasteiger partial charge in [0.25, 0.3) is 0 Å². The van der Waals surface area contributed by atoms with E-state index < -0.39 is 0 Å². The van der Waals surface area contributed by atoms with Crippen LogP contribution in [0, 0.1) is 5.92 Å². The molecule has 2 fully saturated rings. The van der Waals surface area contributed by atoms with Gasteiger partial charge in [0.15, 0.2) is 0 Å². The SMILES string of the molecule is CCC1CCCCN1CC(C)(N)C1CC1. The lowest BCUT2D eigenvalue weighted by Gasteiger charge is -2.40. The largest absolute Gasteiger partial charge is 0.324 e. The number of hydrogen-bond acceptors (Lipinski definition) is 2.